The van der Waals surface area contributed by atoms with Gasteiger partial charge in [0.25, 0.3) is 0 Å². The molecule has 0 aliphatic heterocycles. The zero-order valence-corrected chi connectivity index (χ0v) is 5.59. The van der Waals surface area contributed by atoms with E-state index in [0.29, 0.717) is 0 Å². The predicted octanol–water partition coefficient (Wildman–Crippen LogP) is 2.03. The van der Waals surface area contributed by atoms with Gasteiger partial charge in [0, 0.05) is 0 Å². The van der Waals surface area contributed by atoms with Gasteiger partial charge in [-0.05, 0) is 0 Å². The van der Waals surface area contributed by atoms with E-state index in [2.05, 4.69) is 24.5 Å². The van der Waals surface area contributed by atoms with E-state index in [0.717, 1.165) is 5.56 Å². The first-order chi connectivity index (χ1) is 4.93. The van der Waals surface area contributed by atoms with Crippen LogP contribution in [0.3, 0.4) is 0 Å². The zero-order valence-electron chi connectivity index (χ0n) is 5.59. The van der Waals surface area contributed by atoms with Gasteiger partial charge in [-0.25, -0.2) is 6.08 Å². The highest BCUT2D eigenvalue weighted by atomic mass is 13.8. The van der Waals surface area contributed by atoms with Crippen LogP contribution in [0.15, 0.2) is 36.9 Å². The lowest BCUT2D eigenvalue weighted by Gasteiger charge is -1.92. The third-order valence-electron chi connectivity index (χ3n) is 1.07. The Kier molecular flexibility index (Phi) is 2.34. The number of allylic oxidation sites excluding steroid dienone is 1. The van der Waals surface area contributed by atoms with Crippen molar-refractivity contribution in [1.29, 1.82) is 0 Å². The van der Waals surface area contributed by atoms with Crippen LogP contribution in [-0.2, 0) is 0 Å². The molecule has 1 rings (SSSR count). The molecule has 48 valence electrons. The number of hydrogen-bond acceptors (Lipinski definition) is 0. The van der Waals surface area contributed by atoms with Gasteiger partial charge in [0.05, 0.1) is 0 Å². The zero-order chi connectivity index (χ0) is 7.23. The number of benzene rings is 1. The summed E-state index contributed by atoms with van der Waals surface area (Å²) < 4.78 is 0. The Morgan fingerprint density at radius 2 is 1.90 bits per heavy atom. The minimum absolute atomic E-state index is 0.999. The van der Waals surface area contributed by atoms with Crippen molar-refractivity contribution in [3.05, 3.63) is 48.6 Å². The quantitative estimate of drug-likeness (QED) is 0.369. The Bertz CT molecular complexity index is 259. The minimum atomic E-state index is 0.999. The SMILES string of the molecule is C=[C-]C#Cc1ccccc1. The lowest BCUT2D eigenvalue weighted by atomic mass is 10.2. The van der Waals surface area contributed by atoms with Crippen LogP contribution in [0.5, 0.6) is 0 Å². The fraction of sp³-hybridized carbons (Fsp3) is 0. The standard InChI is InChI=1S/C10H7/c1-2-3-7-10-8-5-4-6-9-10/h4-6,8-9H,1H2/q-1. The van der Waals surface area contributed by atoms with Crippen LogP contribution in [0.4, 0.5) is 0 Å². The second-order valence-electron chi connectivity index (χ2n) is 1.79. The Morgan fingerprint density at radius 3 is 2.50 bits per heavy atom. The van der Waals surface area contributed by atoms with E-state index in [1.54, 1.807) is 0 Å². The summed E-state index contributed by atoms with van der Waals surface area (Å²) in [5.74, 6) is 5.52. The van der Waals surface area contributed by atoms with Gasteiger partial charge in [0.1, 0.15) is 0 Å². The fourth-order valence-corrected chi connectivity index (χ4v) is 0.638. The van der Waals surface area contributed by atoms with Crippen LogP contribution < -0.4 is 0 Å². The summed E-state index contributed by atoms with van der Waals surface area (Å²) in [6.07, 6.45) is 2.51. The highest BCUT2D eigenvalue weighted by Gasteiger charge is 1.71. The molecule has 0 aliphatic carbocycles. The first-order valence-electron chi connectivity index (χ1n) is 3.01. The summed E-state index contributed by atoms with van der Waals surface area (Å²) in [6.45, 7) is 3.38. The van der Waals surface area contributed by atoms with E-state index >= 15 is 0 Å². The van der Waals surface area contributed by atoms with Crippen LogP contribution in [0.25, 0.3) is 0 Å². The van der Waals surface area contributed by atoms with Crippen LogP contribution in [0.2, 0.25) is 0 Å². The molecule has 0 unspecified atom stereocenters. The molecular weight excluding hydrogens is 120 g/mol. The lowest BCUT2D eigenvalue weighted by Crippen LogP contribution is -1.68. The fourth-order valence-electron chi connectivity index (χ4n) is 0.638. The molecule has 0 heterocycles. The van der Waals surface area contributed by atoms with Crippen molar-refractivity contribution in [2.75, 3.05) is 0 Å². The summed E-state index contributed by atoms with van der Waals surface area (Å²) in [6, 6.07) is 9.76. The second-order valence-corrected chi connectivity index (χ2v) is 1.79. The molecule has 0 aliphatic rings. The Morgan fingerprint density at radius 1 is 1.20 bits per heavy atom. The normalized spacial score (nSPS) is 7.60. The van der Waals surface area contributed by atoms with Gasteiger partial charge in [0.15, 0.2) is 0 Å². The molecular formula is C10H7-. The molecule has 0 fully saturated rings. The molecule has 0 saturated carbocycles. The highest BCUT2D eigenvalue weighted by molar-refractivity contribution is 5.34. The van der Waals surface area contributed by atoms with Gasteiger partial charge in [-0.2, -0.15) is 6.58 Å². The molecule has 0 saturated heterocycles. The predicted molar refractivity (Wildman–Crippen MR) is 42.2 cm³/mol. The van der Waals surface area contributed by atoms with Crippen molar-refractivity contribution in [3.8, 4) is 11.8 Å². The molecule has 0 atom stereocenters. The monoisotopic (exact) mass is 127 g/mol. The van der Waals surface area contributed by atoms with Gasteiger partial charge in [-0.1, -0.05) is 35.9 Å². The molecule has 0 N–H and O–H groups in total. The molecule has 1 aromatic carbocycles. The third-order valence-corrected chi connectivity index (χ3v) is 1.07. The van der Waals surface area contributed by atoms with E-state index < -0.39 is 0 Å². The highest BCUT2D eigenvalue weighted by Crippen LogP contribution is 1.93. The van der Waals surface area contributed by atoms with Gasteiger partial charge < -0.3 is 0 Å². The summed E-state index contributed by atoms with van der Waals surface area (Å²) >= 11 is 0. The molecule has 10 heavy (non-hydrogen) atoms. The number of hydrogen-bond donors (Lipinski definition) is 0. The molecule has 0 radical (unpaired) electrons. The molecule has 1 aromatic rings. The van der Waals surface area contributed by atoms with Gasteiger partial charge in [-0.3, -0.25) is 11.8 Å². The Balaban J connectivity index is 2.86. The van der Waals surface area contributed by atoms with Gasteiger partial charge in [-0.15, -0.1) is 0 Å². The smallest absolute Gasteiger partial charge is 0.0623 e. The van der Waals surface area contributed by atoms with E-state index in [-0.39, 0.29) is 0 Å². The maximum atomic E-state index is 3.38. The summed E-state index contributed by atoms with van der Waals surface area (Å²) in [4.78, 5) is 0. The molecule has 0 amide bonds. The van der Waals surface area contributed by atoms with Gasteiger partial charge in [0.2, 0.25) is 0 Å². The largest absolute Gasteiger partial charge is 0.296 e. The van der Waals surface area contributed by atoms with Gasteiger partial charge >= 0.3 is 0 Å². The first-order valence-corrected chi connectivity index (χ1v) is 3.01. The van der Waals surface area contributed by atoms with Crippen molar-refractivity contribution in [1.82, 2.24) is 0 Å². The maximum Gasteiger partial charge on any atom is -0.0623 e. The topological polar surface area (TPSA) is 0 Å². The Labute approximate surface area is 61.2 Å². The van der Waals surface area contributed by atoms with E-state index in [4.69, 9.17) is 0 Å². The molecule has 0 heteroatoms. The molecule has 0 bridgehead atoms. The van der Waals surface area contributed by atoms with Crippen molar-refractivity contribution in [3.63, 3.8) is 0 Å². The van der Waals surface area contributed by atoms with Crippen molar-refractivity contribution < 1.29 is 0 Å². The summed E-state index contributed by atoms with van der Waals surface area (Å²) in [7, 11) is 0. The Hall–Kier alpha value is -1.48. The average Bonchev–Trinajstić information content (AvgIpc) is 2.03. The second kappa shape index (κ2) is 3.53. The van der Waals surface area contributed by atoms with E-state index in [1.807, 2.05) is 30.3 Å². The summed E-state index contributed by atoms with van der Waals surface area (Å²) in [5, 5.41) is 0. The van der Waals surface area contributed by atoms with Crippen LogP contribution >= 0.6 is 0 Å². The number of rotatable bonds is 0. The van der Waals surface area contributed by atoms with Crippen LogP contribution in [-0.4, -0.2) is 0 Å². The summed E-state index contributed by atoms with van der Waals surface area (Å²) in [5.41, 5.74) is 0.999. The third kappa shape index (κ3) is 1.80. The van der Waals surface area contributed by atoms with Crippen LogP contribution in [0, 0.1) is 17.9 Å². The molecule has 0 spiro atoms. The van der Waals surface area contributed by atoms with E-state index in [9.17, 15) is 0 Å². The lowest BCUT2D eigenvalue weighted by molar-refractivity contribution is 1.65. The average molecular weight is 127 g/mol. The molecule has 0 aromatic heterocycles. The maximum absolute atomic E-state index is 3.38. The van der Waals surface area contributed by atoms with E-state index in [1.165, 1.54) is 0 Å². The first kappa shape index (κ1) is 6.64. The minimum Gasteiger partial charge on any atom is -0.296 e. The van der Waals surface area contributed by atoms with Crippen molar-refractivity contribution >= 4 is 0 Å². The molecule has 0 nitrogen and oxygen atoms in total. The van der Waals surface area contributed by atoms with Crippen molar-refractivity contribution in [2.45, 2.75) is 0 Å². The van der Waals surface area contributed by atoms with Crippen LogP contribution in [0.1, 0.15) is 5.56 Å². The van der Waals surface area contributed by atoms with Crippen molar-refractivity contribution in [2.24, 2.45) is 0 Å².